The Kier molecular flexibility index (Phi) is 5.80. The van der Waals surface area contributed by atoms with Crippen molar-refractivity contribution in [2.45, 2.75) is 36.6 Å². The highest BCUT2D eigenvalue weighted by Gasteiger charge is 2.51. The Labute approximate surface area is 198 Å². The molecule has 1 atom stereocenters. The maximum absolute atomic E-state index is 13.5. The first-order valence-corrected chi connectivity index (χ1v) is 11.3. The number of hydrogen-bond donors (Lipinski definition) is 1. The van der Waals surface area contributed by atoms with Crippen LogP contribution >= 0.6 is 24.0 Å². The molecule has 4 rings (SSSR count). The van der Waals surface area contributed by atoms with Crippen molar-refractivity contribution in [1.82, 2.24) is 0 Å². The Bertz CT molecular complexity index is 1190. The molecule has 2 aromatic carbocycles. The highest BCUT2D eigenvalue weighted by atomic mass is 32.2. The molecule has 0 aromatic heterocycles. The molecule has 1 unspecified atom stereocenters. The van der Waals surface area contributed by atoms with Gasteiger partial charge in [0.2, 0.25) is 0 Å². The van der Waals surface area contributed by atoms with Crippen molar-refractivity contribution in [2.75, 3.05) is 22.1 Å². The monoisotopic (exact) mass is 492 g/mol. The molecule has 2 N–H and O–H groups in total. The zero-order valence-corrected chi connectivity index (χ0v) is 19.3. The summed E-state index contributed by atoms with van der Waals surface area (Å²) in [6.45, 7) is 3.71. The van der Waals surface area contributed by atoms with Crippen LogP contribution in [0, 0.1) is 11.3 Å². The second-order valence-electron chi connectivity index (χ2n) is 8.07. The topological polar surface area (TPSA) is 82.6 Å². The lowest BCUT2D eigenvalue weighted by Gasteiger charge is -2.31. The normalized spacial score (nSPS) is 19.8. The maximum Gasteiger partial charge on any atom is 0.417 e. The molecule has 0 spiro atoms. The zero-order valence-electron chi connectivity index (χ0n) is 17.6. The van der Waals surface area contributed by atoms with Gasteiger partial charge in [0.1, 0.15) is 17.4 Å². The zero-order chi connectivity index (χ0) is 24.1. The number of hydrogen-bond acceptors (Lipinski definition) is 6. The van der Waals surface area contributed by atoms with Crippen LogP contribution < -0.4 is 20.3 Å². The molecule has 1 amide bonds. The van der Waals surface area contributed by atoms with Gasteiger partial charge in [0.05, 0.1) is 27.8 Å². The molecule has 172 valence electrons. The fraction of sp³-hybridized carbons (Fsp3) is 0.318. The smallest absolute Gasteiger partial charge is 0.417 e. The Morgan fingerprint density at radius 3 is 2.61 bits per heavy atom. The first-order valence-electron chi connectivity index (χ1n) is 9.92. The van der Waals surface area contributed by atoms with Gasteiger partial charge in [-0.05, 0) is 62.5 Å². The SMILES string of the molecule is CC1(C)C(=O)N(c2ccc(C#N)c(C(F)(F)F)c2)C(=S)N1c1ccc2c(c1)SCC(CN)O2. The van der Waals surface area contributed by atoms with Gasteiger partial charge in [-0.1, -0.05) is 0 Å². The Morgan fingerprint density at radius 1 is 1.27 bits per heavy atom. The average Bonchev–Trinajstić information content (AvgIpc) is 2.95. The van der Waals surface area contributed by atoms with Crippen LogP contribution in [0.15, 0.2) is 41.3 Å². The van der Waals surface area contributed by atoms with Gasteiger partial charge in [0.25, 0.3) is 5.91 Å². The van der Waals surface area contributed by atoms with Crippen LogP contribution in [0.3, 0.4) is 0 Å². The summed E-state index contributed by atoms with van der Waals surface area (Å²) in [5.74, 6) is 0.880. The molecule has 2 aliphatic rings. The minimum absolute atomic E-state index is 0.0457. The van der Waals surface area contributed by atoms with Crippen LogP contribution in [0.2, 0.25) is 0 Å². The second kappa shape index (κ2) is 8.20. The van der Waals surface area contributed by atoms with Crippen molar-refractivity contribution in [3.05, 3.63) is 47.5 Å². The number of nitriles is 1. The standard InChI is InChI=1S/C22H19F3N4O2S2/c1-21(2)19(30)28(13-4-3-12(9-26)16(7-13)22(23,24)25)20(32)29(21)14-5-6-17-18(8-14)33-11-15(10-27)31-17/h3-8,15H,10-11,27H2,1-2H3. The minimum atomic E-state index is -4.75. The Balaban J connectivity index is 1.74. The van der Waals surface area contributed by atoms with Crippen molar-refractivity contribution >= 4 is 46.4 Å². The van der Waals surface area contributed by atoms with Crippen molar-refractivity contribution in [1.29, 1.82) is 5.26 Å². The highest BCUT2D eigenvalue weighted by molar-refractivity contribution is 7.99. The number of rotatable bonds is 3. The first kappa shape index (κ1) is 23.4. The molecule has 33 heavy (non-hydrogen) atoms. The molecule has 0 aliphatic carbocycles. The summed E-state index contributed by atoms with van der Waals surface area (Å²) in [6, 6.07) is 10.0. The van der Waals surface area contributed by atoms with Gasteiger partial charge in [-0.25, -0.2) is 0 Å². The minimum Gasteiger partial charge on any atom is -0.487 e. The number of ether oxygens (including phenoxy) is 1. The van der Waals surface area contributed by atoms with Crippen molar-refractivity contribution in [2.24, 2.45) is 5.73 Å². The number of halogens is 3. The number of alkyl halides is 3. The van der Waals surface area contributed by atoms with E-state index in [-0.39, 0.29) is 16.9 Å². The van der Waals surface area contributed by atoms with E-state index < -0.39 is 28.7 Å². The number of benzene rings is 2. The van der Waals surface area contributed by atoms with E-state index >= 15 is 0 Å². The van der Waals surface area contributed by atoms with Crippen molar-refractivity contribution in [3.63, 3.8) is 0 Å². The van der Waals surface area contributed by atoms with E-state index in [2.05, 4.69) is 0 Å². The van der Waals surface area contributed by atoms with Gasteiger partial charge in [-0.15, -0.1) is 11.8 Å². The van der Waals surface area contributed by atoms with Crippen LogP contribution in [0.4, 0.5) is 24.5 Å². The number of nitrogens with zero attached hydrogens (tertiary/aromatic N) is 3. The van der Waals surface area contributed by atoms with Gasteiger partial charge >= 0.3 is 6.18 Å². The van der Waals surface area contributed by atoms with Crippen molar-refractivity contribution in [3.8, 4) is 11.8 Å². The molecular weight excluding hydrogens is 473 g/mol. The molecular formula is C22H19F3N4O2S2. The largest absolute Gasteiger partial charge is 0.487 e. The number of anilines is 2. The maximum atomic E-state index is 13.5. The number of carbonyl (C=O) groups is 1. The number of thioether (sulfide) groups is 1. The summed E-state index contributed by atoms with van der Waals surface area (Å²) in [5, 5.41) is 9.11. The molecule has 0 bridgehead atoms. The van der Waals surface area contributed by atoms with Crippen LogP contribution in [-0.4, -0.2) is 35.0 Å². The highest BCUT2D eigenvalue weighted by Crippen LogP contribution is 2.43. The number of carbonyl (C=O) groups excluding carboxylic acids is 1. The average molecular weight is 493 g/mol. The molecule has 2 aliphatic heterocycles. The van der Waals surface area contributed by atoms with E-state index in [0.29, 0.717) is 23.7 Å². The van der Waals surface area contributed by atoms with Gasteiger partial charge < -0.3 is 15.4 Å². The quantitative estimate of drug-likeness (QED) is 0.640. The fourth-order valence-electron chi connectivity index (χ4n) is 3.82. The summed E-state index contributed by atoms with van der Waals surface area (Å²) >= 11 is 7.15. The first-order chi connectivity index (χ1) is 15.5. The summed E-state index contributed by atoms with van der Waals surface area (Å²) in [5.41, 5.74) is 3.46. The molecule has 11 heteroatoms. The van der Waals surface area contributed by atoms with Gasteiger partial charge in [-0.3, -0.25) is 9.69 Å². The van der Waals surface area contributed by atoms with Crippen LogP contribution in [0.5, 0.6) is 5.75 Å². The lowest BCUT2D eigenvalue weighted by Crippen LogP contribution is -2.44. The molecule has 0 radical (unpaired) electrons. The molecule has 2 aromatic rings. The predicted octanol–water partition coefficient (Wildman–Crippen LogP) is 4.31. The second-order valence-corrected chi connectivity index (χ2v) is 9.50. The van der Waals surface area contributed by atoms with E-state index in [1.165, 1.54) is 6.07 Å². The van der Waals surface area contributed by atoms with Crippen LogP contribution in [0.1, 0.15) is 25.0 Å². The molecule has 0 saturated carbocycles. The summed E-state index contributed by atoms with van der Waals surface area (Å²) in [6.07, 6.45) is -4.84. The van der Waals surface area contributed by atoms with E-state index in [0.717, 1.165) is 21.9 Å². The predicted molar refractivity (Wildman–Crippen MR) is 123 cm³/mol. The third kappa shape index (κ3) is 3.92. The Morgan fingerprint density at radius 2 is 1.97 bits per heavy atom. The van der Waals surface area contributed by atoms with Crippen LogP contribution in [-0.2, 0) is 11.0 Å². The van der Waals surface area contributed by atoms with E-state index in [4.69, 9.17) is 28.0 Å². The lowest BCUT2D eigenvalue weighted by molar-refractivity contribution is -0.137. The van der Waals surface area contributed by atoms with Gasteiger partial charge in [0, 0.05) is 18.0 Å². The summed E-state index contributed by atoms with van der Waals surface area (Å²) in [4.78, 5) is 16.9. The molecule has 1 saturated heterocycles. The van der Waals surface area contributed by atoms with Crippen molar-refractivity contribution < 1.29 is 22.7 Å². The lowest BCUT2D eigenvalue weighted by atomic mass is 10.0. The van der Waals surface area contributed by atoms with E-state index in [1.54, 1.807) is 48.7 Å². The van der Waals surface area contributed by atoms with Gasteiger partial charge in [0.15, 0.2) is 5.11 Å². The number of nitrogens with two attached hydrogens (primary N) is 1. The molecule has 1 fully saturated rings. The number of fused-ring (bicyclic) bond motifs is 1. The van der Waals surface area contributed by atoms with E-state index in [9.17, 15) is 18.0 Å². The third-order valence-electron chi connectivity index (χ3n) is 5.52. The third-order valence-corrected chi connectivity index (χ3v) is 7.06. The summed E-state index contributed by atoms with van der Waals surface area (Å²) < 4.78 is 46.3. The molecule has 6 nitrogen and oxygen atoms in total. The number of amides is 1. The molecule has 2 heterocycles. The summed E-state index contributed by atoms with van der Waals surface area (Å²) in [7, 11) is 0. The Hall–Kier alpha value is -2.81. The van der Waals surface area contributed by atoms with Crippen LogP contribution in [0.25, 0.3) is 0 Å². The van der Waals surface area contributed by atoms with E-state index in [1.807, 2.05) is 6.07 Å². The number of thiocarbonyl (C=S) groups is 1. The van der Waals surface area contributed by atoms with Gasteiger partial charge in [-0.2, -0.15) is 18.4 Å². The fourth-order valence-corrected chi connectivity index (χ4v) is 5.37.